The van der Waals surface area contributed by atoms with Crippen molar-refractivity contribution in [2.24, 2.45) is 5.10 Å². The molecule has 0 aromatic heterocycles. The third-order valence-corrected chi connectivity index (χ3v) is 3.94. The van der Waals surface area contributed by atoms with Gasteiger partial charge in [0.2, 0.25) is 0 Å². The Labute approximate surface area is 169 Å². The normalized spacial score (nSPS) is 10.3. The molecule has 0 saturated heterocycles. The Bertz CT molecular complexity index is 858. The van der Waals surface area contributed by atoms with Crippen LogP contribution < -0.4 is 34.4 Å². The monoisotopic (exact) mass is 405 g/mol. The van der Waals surface area contributed by atoms with E-state index in [9.17, 15) is 0 Å². The number of benzene rings is 2. The average molecular weight is 405 g/mol. The first-order chi connectivity index (χ1) is 13.6. The molecule has 0 radical (unpaired) electrons. The molecule has 0 fully saturated rings. The van der Waals surface area contributed by atoms with Gasteiger partial charge in [-0.05, 0) is 30.4 Å². The summed E-state index contributed by atoms with van der Waals surface area (Å²) < 4.78 is 26.4. The summed E-state index contributed by atoms with van der Waals surface area (Å²) in [5, 5.41) is 7.47. The fourth-order valence-electron chi connectivity index (χ4n) is 2.39. The first-order valence-corrected chi connectivity index (χ1v) is 8.59. The van der Waals surface area contributed by atoms with Gasteiger partial charge >= 0.3 is 0 Å². The maximum atomic E-state index is 5.36. The van der Waals surface area contributed by atoms with E-state index >= 15 is 0 Å². The van der Waals surface area contributed by atoms with Gasteiger partial charge in [0.1, 0.15) is 5.75 Å². The van der Waals surface area contributed by atoms with Crippen molar-refractivity contribution in [2.45, 2.75) is 0 Å². The summed E-state index contributed by atoms with van der Waals surface area (Å²) in [5.41, 5.74) is 4.18. The molecule has 0 spiro atoms. The topological polar surface area (TPSA) is 82.6 Å². The quantitative estimate of drug-likeness (QED) is 0.394. The molecule has 0 amide bonds. The van der Waals surface area contributed by atoms with Crippen LogP contribution in [0, 0.1) is 0 Å². The second-order valence-electron chi connectivity index (χ2n) is 5.34. The average Bonchev–Trinajstić information content (AvgIpc) is 2.72. The van der Waals surface area contributed by atoms with Crippen molar-refractivity contribution in [1.29, 1.82) is 0 Å². The molecule has 28 heavy (non-hydrogen) atoms. The van der Waals surface area contributed by atoms with Crippen molar-refractivity contribution >= 4 is 29.2 Å². The summed E-state index contributed by atoms with van der Waals surface area (Å²) >= 11 is 5.26. The Morgan fingerprint density at radius 1 is 0.786 bits per heavy atom. The van der Waals surface area contributed by atoms with Crippen molar-refractivity contribution in [3.8, 4) is 28.7 Å². The lowest BCUT2D eigenvalue weighted by Crippen LogP contribution is -2.23. The molecular formula is C19H23N3O5S. The molecule has 0 heterocycles. The standard InChI is InChI=1S/C19H23N3O5S/c1-23-14-7-6-13(9-17(14)26-4)21-19(28)22-20-11-12-8-16(25-3)18(27-5)10-15(12)24-2/h6-11H,1-5H3,(H2,21,22,28)/b20-11-. The van der Waals surface area contributed by atoms with Gasteiger partial charge in [0.25, 0.3) is 0 Å². The Balaban J connectivity index is 2.07. The van der Waals surface area contributed by atoms with E-state index in [1.54, 1.807) is 66.0 Å². The van der Waals surface area contributed by atoms with E-state index in [-0.39, 0.29) is 0 Å². The van der Waals surface area contributed by atoms with Gasteiger partial charge < -0.3 is 29.0 Å². The molecule has 150 valence electrons. The van der Waals surface area contributed by atoms with E-state index in [4.69, 9.17) is 35.9 Å². The fraction of sp³-hybridized carbons (Fsp3) is 0.263. The molecule has 0 atom stereocenters. The van der Waals surface area contributed by atoms with Gasteiger partial charge in [0.05, 0.1) is 41.8 Å². The molecule has 0 aliphatic carbocycles. The van der Waals surface area contributed by atoms with Crippen molar-refractivity contribution in [1.82, 2.24) is 5.43 Å². The molecule has 2 aromatic rings. The van der Waals surface area contributed by atoms with Gasteiger partial charge in [0.15, 0.2) is 28.1 Å². The number of ether oxygens (including phenoxy) is 5. The summed E-state index contributed by atoms with van der Waals surface area (Å²) in [7, 11) is 7.83. The van der Waals surface area contributed by atoms with Crippen molar-refractivity contribution in [2.75, 3.05) is 40.9 Å². The molecule has 2 aromatic carbocycles. The summed E-state index contributed by atoms with van der Waals surface area (Å²) in [4.78, 5) is 0. The Morgan fingerprint density at radius 2 is 1.36 bits per heavy atom. The molecule has 0 aliphatic heterocycles. The van der Waals surface area contributed by atoms with Crippen LogP contribution in [0.2, 0.25) is 0 Å². The second kappa shape index (κ2) is 10.2. The largest absolute Gasteiger partial charge is 0.496 e. The SMILES string of the molecule is COc1cc(OC)c(OC)cc1/C=N\NC(=S)Nc1ccc(OC)c(OC)c1. The molecule has 0 unspecified atom stereocenters. The molecule has 2 rings (SSSR count). The number of hydrogen-bond acceptors (Lipinski definition) is 7. The number of rotatable bonds is 8. The van der Waals surface area contributed by atoms with Gasteiger partial charge in [0, 0.05) is 23.4 Å². The predicted octanol–water partition coefficient (Wildman–Crippen LogP) is 3.05. The van der Waals surface area contributed by atoms with Gasteiger partial charge in [-0.15, -0.1) is 0 Å². The highest BCUT2D eigenvalue weighted by Crippen LogP contribution is 2.33. The Morgan fingerprint density at radius 3 is 1.96 bits per heavy atom. The summed E-state index contributed by atoms with van der Waals surface area (Å²) in [6.07, 6.45) is 1.57. The fourth-order valence-corrected chi connectivity index (χ4v) is 2.56. The number of hydrogen-bond donors (Lipinski definition) is 2. The number of nitrogens with zero attached hydrogens (tertiary/aromatic N) is 1. The van der Waals surface area contributed by atoms with E-state index < -0.39 is 0 Å². The molecule has 0 aliphatic rings. The minimum absolute atomic E-state index is 0.308. The number of hydrazone groups is 1. The number of thiocarbonyl (C=S) groups is 1. The van der Waals surface area contributed by atoms with Crippen molar-refractivity contribution < 1.29 is 23.7 Å². The van der Waals surface area contributed by atoms with Gasteiger partial charge in [-0.2, -0.15) is 5.10 Å². The summed E-state index contributed by atoms with van der Waals surface area (Å²) in [6.45, 7) is 0. The third-order valence-electron chi connectivity index (χ3n) is 3.75. The van der Waals surface area contributed by atoms with Crippen LogP contribution >= 0.6 is 12.2 Å². The highest BCUT2D eigenvalue weighted by Gasteiger charge is 2.10. The molecular weight excluding hydrogens is 382 g/mol. The number of nitrogens with one attached hydrogen (secondary N) is 2. The van der Waals surface area contributed by atoms with E-state index in [2.05, 4.69) is 15.8 Å². The van der Waals surface area contributed by atoms with Crippen molar-refractivity contribution in [3.05, 3.63) is 35.9 Å². The van der Waals surface area contributed by atoms with E-state index in [0.717, 1.165) is 5.69 Å². The molecule has 0 saturated carbocycles. The molecule has 2 N–H and O–H groups in total. The maximum Gasteiger partial charge on any atom is 0.191 e. The van der Waals surface area contributed by atoms with Crippen LogP contribution in [0.4, 0.5) is 5.69 Å². The minimum Gasteiger partial charge on any atom is -0.496 e. The lowest BCUT2D eigenvalue weighted by Gasteiger charge is -2.12. The van der Waals surface area contributed by atoms with Crippen LogP contribution in [0.3, 0.4) is 0 Å². The molecule has 0 bridgehead atoms. The summed E-state index contributed by atoms with van der Waals surface area (Å²) in [6, 6.07) is 8.85. The van der Waals surface area contributed by atoms with Crippen LogP contribution in [-0.2, 0) is 0 Å². The zero-order chi connectivity index (χ0) is 20.5. The van der Waals surface area contributed by atoms with E-state index in [0.29, 0.717) is 39.4 Å². The van der Waals surface area contributed by atoms with Gasteiger partial charge in [-0.25, -0.2) is 0 Å². The predicted molar refractivity (Wildman–Crippen MR) is 113 cm³/mol. The van der Waals surface area contributed by atoms with Crippen molar-refractivity contribution in [3.63, 3.8) is 0 Å². The summed E-state index contributed by atoms with van der Waals surface area (Å²) in [5.74, 6) is 2.94. The molecule has 8 nitrogen and oxygen atoms in total. The van der Waals surface area contributed by atoms with Crippen LogP contribution in [0.25, 0.3) is 0 Å². The van der Waals surface area contributed by atoms with Crippen LogP contribution in [0.15, 0.2) is 35.4 Å². The lowest BCUT2D eigenvalue weighted by molar-refractivity contribution is 0.349. The van der Waals surface area contributed by atoms with Crippen LogP contribution in [0.1, 0.15) is 5.56 Å². The molecule has 9 heteroatoms. The first-order valence-electron chi connectivity index (χ1n) is 8.18. The van der Waals surface area contributed by atoms with Crippen LogP contribution in [0.5, 0.6) is 28.7 Å². The minimum atomic E-state index is 0.308. The van der Waals surface area contributed by atoms with Gasteiger partial charge in [-0.1, -0.05) is 0 Å². The van der Waals surface area contributed by atoms with E-state index in [1.807, 2.05) is 6.07 Å². The number of methoxy groups -OCH3 is 5. The van der Waals surface area contributed by atoms with Crippen LogP contribution in [-0.4, -0.2) is 46.9 Å². The highest BCUT2D eigenvalue weighted by atomic mass is 32.1. The maximum absolute atomic E-state index is 5.36. The highest BCUT2D eigenvalue weighted by molar-refractivity contribution is 7.80. The van der Waals surface area contributed by atoms with Gasteiger partial charge in [-0.3, -0.25) is 5.43 Å². The zero-order valence-corrected chi connectivity index (χ0v) is 17.2. The number of anilines is 1. The second-order valence-corrected chi connectivity index (χ2v) is 5.75. The Hall–Kier alpha value is -3.20. The zero-order valence-electron chi connectivity index (χ0n) is 16.4. The smallest absolute Gasteiger partial charge is 0.191 e. The third kappa shape index (κ3) is 5.17. The lowest BCUT2D eigenvalue weighted by atomic mass is 10.2. The Kier molecular flexibility index (Phi) is 7.70. The first kappa shape index (κ1) is 21.1. The van der Waals surface area contributed by atoms with E-state index in [1.165, 1.54) is 0 Å².